The molecule has 0 spiro atoms. The molecule has 0 unspecified atom stereocenters. The molecule has 1 amide bonds. The van der Waals surface area contributed by atoms with Crippen molar-refractivity contribution in [3.05, 3.63) is 90.0 Å². The molecule has 172 valence electrons. The Kier molecular flexibility index (Phi) is 6.99. The zero-order valence-electron chi connectivity index (χ0n) is 18.6. The van der Waals surface area contributed by atoms with Crippen LogP contribution in [0.2, 0.25) is 0 Å². The van der Waals surface area contributed by atoms with Crippen LogP contribution in [0, 0.1) is 0 Å². The van der Waals surface area contributed by atoms with E-state index in [2.05, 4.69) is 22.3 Å². The van der Waals surface area contributed by atoms with E-state index in [9.17, 15) is 13.2 Å². The maximum absolute atomic E-state index is 12.7. The van der Waals surface area contributed by atoms with E-state index in [1.165, 1.54) is 0 Å². The van der Waals surface area contributed by atoms with Crippen molar-refractivity contribution in [2.75, 3.05) is 25.1 Å². The number of benzene rings is 3. The molecule has 1 fully saturated rings. The van der Waals surface area contributed by atoms with Gasteiger partial charge in [0, 0.05) is 30.4 Å². The lowest BCUT2D eigenvalue weighted by molar-refractivity contribution is 0.0931. The van der Waals surface area contributed by atoms with Gasteiger partial charge in [0.05, 0.1) is 17.8 Å². The summed E-state index contributed by atoms with van der Waals surface area (Å²) < 4.78 is 30.3. The number of sulfone groups is 1. The molecule has 0 radical (unpaired) electrons. The molecule has 1 aliphatic heterocycles. The lowest BCUT2D eigenvalue weighted by atomic mass is 10.0. The number of hydrogen-bond acceptors (Lipinski definition) is 5. The number of anilines is 1. The van der Waals surface area contributed by atoms with Crippen LogP contribution in [-0.2, 0) is 15.6 Å². The normalized spacial score (nSPS) is 14.6. The van der Waals surface area contributed by atoms with Gasteiger partial charge < -0.3 is 15.0 Å². The zero-order valence-corrected chi connectivity index (χ0v) is 19.4. The largest absolute Gasteiger partial charge is 0.497 e. The molecule has 33 heavy (non-hydrogen) atoms. The number of amides is 1. The van der Waals surface area contributed by atoms with Crippen molar-refractivity contribution in [2.24, 2.45) is 0 Å². The van der Waals surface area contributed by atoms with E-state index >= 15 is 0 Å². The number of rotatable bonds is 7. The Balaban J connectivity index is 1.30. The molecule has 0 atom stereocenters. The van der Waals surface area contributed by atoms with Crippen LogP contribution in [-0.4, -0.2) is 40.6 Å². The van der Waals surface area contributed by atoms with E-state index in [-0.39, 0.29) is 17.7 Å². The van der Waals surface area contributed by atoms with E-state index in [4.69, 9.17) is 4.74 Å². The lowest BCUT2D eigenvalue weighted by Crippen LogP contribution is -2.44. The molecule has 1 aliphatic rings. The number of methoxy groups -OCH3 is 1. The van der Waals surface area contributed by atoms with Gasteiger partial charge in [0.2, 0.25) is 0 Å². The van der Waals surface area contributed by atoms with Crippen LogP contribution in [0.15, 0.2) is 83.8 Å². The van der Waals surface area contributed by atoms with Crippen LogP contribution in [0.25, 0.3) is 0 Å². The Morgan fingerprint density at radius 3 is 2.18 bits per heavy atom. The van der Waals surface area contributed by atoms with Gasteiger partial charge in [0.1, 0.15) is 5.75 Å². The molecule has 0 aromatic heterocycles. The maximum Gasteiger partial charge on any atom is 0.251 e. The first kappa shape index (κ1) is 22.9. The summed E-state index contributed by atoms with van der Waals surface area (Å²) in [4.78, 5) is 15.3. The third kappa shape index (κ3) is 5.73. The second kappa shape index (κ2) is 10.1. The van der Waals surface area contributed by atoms with Crippen LogP contribution in [0.4, 0.5) is 5.69 Å². The highest BCUT2D eigenvalue weighted by atomic mass is 32.2. The fraction of sp³-hybridized carbons (Fsp3) is 0.269. The first-order chi connectivity index (χ1) is 15.9. The van der Waals surface area contributed by atoms with Gasteiger partial charge in [0.15, 0.2) is 9.84 Å². The number of ether oxygens (including phenoxy) is 1. The summed E-state index contributed by atoms with van der Waals surface area (Å²) in [5.74, 6) is 0.614. The monoisotopic (exact) mass is 464 g/mol. The number of carbonyl (C=O) groups excluding carboxylic acids is 1. The highest BCUT2D eigenvalue weighted by molar-refractivity contribution is 7.90. The van der Waals surface area contributed by atoms with Crippen molar-refractivity contribution in [1.29, 1.82) is 0 Å². The van der Waals surface area contributed by atoms with Crippen LogP contribution in [0.5, 0.6) is 5.75 Å². The molecule has 0 aliphatic carbocycles. The average molecular weight is 465 g/mol. The highest BCUT2D eigenvalue weighted by Crippen LogP contribution is 2.23. The predicted octanol–water partition coefficient (Wildman–Crippen LogP) is 4.07. The topological polar surface area (TPSA) is 75.7 Å². The molecular formula is C26H28N2O4S. The van der Waals surface area contributed by atoms with Crippen molar-refractivity contribution in [3.63, 3.8) is 0 Å². The minimum Gasteiger partial charge on any atom is -0.497 e. The summed E-state index contributed by atoms with van der Waals surface area (Å²) in [6, 6.07) is 23.3. The van der Waals surface area contributed by atoms with Crippen molar-refractivity contribution < 1.29 is 17.9 Å². The number of hydrogen-bond donors (Lipinski definition) is 1. The van der Waals surface area contributed by atoms with E-state index < -0.39 is 9.84 Å². The van der Waals surface area contributed by atoms with Gasteiger partial charge in [-0.05, 0) is 66.9 Å². The Morgan fingerprint density at radius 1 is 0.939 bits per heavy atom. The quantitative estimate of drug-likeness (QED) is 0.571. The summed E-state index contributed by atoms with van der Waals surface area (Å²) in [6.07, 6.45) is 1.73. The van der Waals surface area contributed by atoms with Crippen molar-refractivity contribution in [2.45, 2.75) is 29.5 Å². The molecule has 1 N–H and O–H groups in total. The van der Waals surface area contributed by atoms with Gasteiger partial charge in [-0.15, -0.1) is 0 Å². The van der Waals surface area contributed by atoms with Gasteiger partial charge in [0.25, 0.3) is 5.91 Å². The van der Waals surface area contributed by atoms with Crippen LogP contribution in [0.3, 0.4) is 0 Å². The van der Waals surface area contributed by atoms with Crippen molar-refractivity contribution in [3.8, 4) is 5.75 Å². The van der Waals surface area contributed by atoms with E-state index in [0.717, 1.165) is 37.4 Å². The first-order valence-corrected chi connectivity index (χ1v) is 12.7. The molecule has 0 bridgehead atoms. The molecule has 6 nitrogen and oxygen atoms in total. The summed E-state index contributed by atoms with van der Waals surface area (Å²) in [6.45, 7) is 1.74. The smallest absolute Gasteiger partial charge is 0.251 e. The van der Waals surface area contributed by atoms with Gasteiger partial charge in [-0.3, -0.25) is 4.79 Å². The number of carbonyl (C=O) groups is 1. The minimum atomic E-state index is -3.41. The Bertz CT molecular complexity index is 1170. The minimum absolute atomic E-state index is 0.0945. The van der Waals surface area contributed by atoms with Gasteiger partial charge in [-0.1, -0.05) is 30.3 Å². The third-order valence-corrected chi connectivity index (χ3v) is 7.65. The molecule has 4 rings (SSSR count). The maximum atomic E-state index is 12.7. The summed E-state index contributed by atoms with van der Waals surface area (Å²) in [5, 5.41) is 3.12. The average Bonchev–Trinajstić information content (AvgIpc) is 2.85. The van der Waals surface area contributed by atoms with Gasteiger partial charge >= 0.3 is 0 Å². The second-order valence-electron chi connectivity index (χ2n) is 8.20. The van der Waals surface area contributed by atoms with E-state index in [1.54, 1.807) is 61.7 Å². The predicted molar refractivity (Wildman–Crippen MR) is 129 cm³/mol. The van der Waals surface area contributed by atoms with Gasteiger partial charge in [-0.25, -0.2) is 8.42 Å². The summed E-state index contributed by atoms with van der Waals surface area (Å²) in [5.41, 5.74) is 2.35. The first-order valence-electron chi connectivity index (χ1n) is 11.0. The Labute approximate surface area is 195 Å². The van der Waals surface area contributed by atoms with Crippen LogP contribution in [0.1, 0.15) is 28.8 Å². The van der Waals surface area contributed by atoms with Gasteiger partial charge in [-0.2, -0.15) is 0 Å². The SMILES string of the molecule is COc1ccc(N2CCC(NC(=O)c3ccc(CS(=O)(=O)c4ccccc4)cc3)CC2)cc1. The Hall–Kier alpha value is -3.32. The standard InChI is InChI=1S/C26H28N2O4S/c1-32-24-13-11-23(12-14-24)28-17-15-22(16-18-28)27-26(29)21-9-7-20(8-10-21)19-33(30,31)25-5-3-2-4-6-25/h2-14,22H,15-19H2,1H3,(H,27,29). The summed E-state index contributed by atoms with van der Waals surface area (Å²) in [7, 11) is -1.76. The molecular weight excluding hydrogens is 436 g/mol. The number of nitrogens with zero attached hydrogens (tertiary/aromatic N) is 1. The molecule has 3 aromatic rings. The van der Waals surface area contributed by atoms with Crippen LogP contribution >= 0.6 is 0 Å². The summed E-state index contributed by atoms with van der Waals surface area (Å²) >= 11 is 0. The number of nitrogens with one attached hydrogen (secondary N) is 1. The fourth-order valence-corrected chi connectivity index (χ4v) is 5.40. The second-order valence-corrected chi connectivity index (χ2v) is 10.2. The van der Waals surface area contributed by atoms with E-state index in [1.807, 2.05) is 12.1 Å². The molecule has 7 heteroatoms. The molecule has 1 heterocycles. The molecule has 3 aromatic carbocycles. The highest BCUT2D eigenvalue weighted by Gasteiger charge is 2.22. The molecule has 1 saturated heterocycles. The van der Waals surface area contributed by atoms with Crippen LogP contribution < -0.4 is 15.0 Å². The Morgan fingerprint density at radius 2 is 1.58 bits per heavy atom. The fourth-order valence-electron chi connectivity index (χ4n) is 4.03. The van der Waals surface area contributed by atoms with E-state index in [0.29, 0.717) is 16.0 Å². The van der Waals surface area contributed by atoms with Crippen molar-refractivity contribution >= 4 is 21.4 Å². The third-order valence-electron chi connectivity index (χ3n) is 5.94. The number of piperidine rings is 1. The molecule has 0 saturated carbocycles. The van der Waals surface area contributed by atoms with Crippen molar-refractivity contribution in [1.82, 2.24) is 5.32 Å². The lowest BCUT2D eigenvalue weighted by Gasteiger charge is -2.34. The zero-order chi connectivity index (χ0) is 23.3.